The number of allylic oxidation sites excluding steroid dienone is 1. The van der Waals surface area contributed by atoms with Crippen LogP contribution in [0.15, 0.2) is 72.8 Å². The van der Waals surface area contributed by atoms with E-state index in [0.717, 1.165) is 5.56 Å². The van der Waals surface area contributed by atoms with Crippen LogP contribution in [-0.4, -0.2) is 12.4 Å². The lowest BCUT2D eigenvalue weighted by molar-refractivity contribution is 0.00481. The third-order valence-corrected chi connectivity index (χ3v) is 3.35. The molecule has 0 bridgehead atoms. The first-order chi connectivity index (χ1) is 10.2. The highest BCUT2D eigenvalue weighted by atomic mass is 16.5. The Hall–Kier alpha value is -2.19. The molecule has 0 aromatic heterocycles. The lowest BCUT2D eigenvalue weighted by atomic mass is 9.85. The van der Waals surface area contributed by atoms with Gasteiger partial charge < -0.3 is 4.74 Å². The lowest BCUT2D eigenvalue weighted by Crippen LogP contribution is -2.37. The summed E-state index contributed by atoms with van der Waals surface area (Å²) in [7, 11) is 0. The van der Waals surface area contributed by atoms with E-state index in [-0.39, 0.29) is 5.78 Å². The minimum absolute atomic E-state index is 0.0470. The Kier molecular flexibility index (Phi) is 5.07. The van der Waals surface area contributed by atoms with Crippen molar-refractivity contribution in [3.05, 3.63) is 83.9 Å². The molecule has 0 N–H and O–H groups in total. The van der Waals surface area contributed by atoms with Gasteiger partial charge in [-0.1, -0.05) is 66.7 Å². The average Bonchev–Trinajstić information content (AvgIpc) is 2.55. The van der Waals surface area contributed by atoms with Gasteiger partial charge in [-0.25, -0.2) is 0 Å². The standard InChI is InChI=1S/C19H20O2/c1-3-15-19(21-4-2,17-13-9-6-10-14-17)18(20)16-11-7-5-8-12-16/h3,5-15H,4H2,1-2H3. The van der Waals surface area contributed by atoms with Gasteiger partial charge in [-0.05, 0) is 25.5 Å². The molecule has 0 radical (unpaired) electrons. The van der Waals surface area contributed by atoms with Crippen molar-refractivity contribution in [2.45, 2.75) is 19.4 Å². The predicted octanol–water partition coefficient (Wildman–Crippen LogP) is 4.38. The second-order valence-corrected chi connectivity index (χ2v) is 4.73. The van der Waals surface area contributed by atoms with E-state index in [1.54, 1.807) is 0 Å². The first-order valence-corrected chi connectivity index (χ1v) is 7.17. The second kappa shape index (κ2) is 7.00. The summed E-state index contributed by atoms with van der Waals surface area (Å²) in [5, 5.41) is 0. The first-order valence-electron chi connectivity index (χ1n) is 7.17. The molecular weight excluding hydrogens is 260 g/mol. The monoisotopic (exact) mass is 280 g/mol. The van der Waals surface area contributed by atoms with Gasteiger partial charge in [-0.15, -0.1) is 0 Å². The lowest BCUT2D eigenvalue weighted by Gasteiger charge is -2.30. The Morgan fingerprint density at radius 2 is 1.62 bits per heavy atom. The maximum atomic E-state index is 13.1. The summed E-state index contributed by atoms with van der Waals surface area (Å²) in [5.74, 6) is -0.0470. The SMILES string of the molecule is CC=CC(OCC)(C(=O)c1ccccc1)c1ccccc1. The van der Waals surface area contributed by atoms with Crippen LogP contribution in [0.4, 0.5) is 0 Å². The summed E-state index contributed by atoms with van der Waals surface area (Å²) in [6, 6.07) is 18.9. The molecule has 2 heteroatoms. The summed E-state index contributed by atoms with van der Waals surface area (Å²) in [5.41, 5.74) is 0.429. The molecule has 1 unspecified atom stereocenters. The smallest absolute Gasteiger partial charge is 0.203 e. The van der Waals surface area contributed by atoms with E-state index in [0.29, 0.717) is 12.2 Å². The fourth-order valence-electron chi connectivity index (χ4n) is 2.45. The van der Waals surface area contributed by atoms with Crippen molar-refractivity contribution >= 4 is 5.78 Å². The molecular formula is C19H20O2. The van der Waals surface area contributed by atoms with Gasteiger partial charge >= 0.3 is 0 Å². The van der Waals surface area contributed by atoms with Crippen LogP contribution >= 0.6 is 0 Å². The third kappa shape index (κ3) is 3.11. The molecule has 108 valence electrons. The highest BCUT2D eigenvalue weighted by Crippen LogP contribution is 2.32. The number of benzene rings is 2. The summed E-state index contributed by atoms with van der Waals surface area (Å²) in [6.07, 6.45) is 3.70. The molecule has 0 amide bonds. The zero-order valence-corrected chi connectivity index (χ0v) is 12.5. The number of ketones is 1. The van der Waals surface area contributed by atoms with Crippen LogP contribution in [0.1, 0.15) is 29.8 Å². The van der Waals surface area contributed by atoms with Gasteiger partial charge in [0.05, 0.1) is 0 Å². The van der Waals surface area contributed by atoms with Crippen LogP contribution in [0.25, 0.3) is 0 Å². The zero-order chi connectivity index (χ0) is 15.1. The van der Waals surface area contributed by atoms with Crippen molar-refractivity contribution in [1.82, 2.24) is 0 Å². The third-order valence-electron chi connectivity index (χ3n) is 3.35. The number of rotatable bonds is 6. The van der Waals surface area contributed by atoms with E-state index in [9.17, 15) is 4.79 Å². The van der Waals surface area contributed by atoms with E-state index in [1.807, 2.05) is 86.7 Å². The van der Waals surface area contributed by atoms with Crippen molar-refractivity contribution in [1.29, 1.82) is 0 Å². The minimum atomic E-state index is -1.06. The number of carbonyl (C=O) groups excluding carboxylic acids is 1. The van der Waals surface area contributed by atoms with E-state index < -0.39 is 5.60 Å². The summed E-state index contributed by atoms with van der Waals surface area (Å²) in [4.78, 5) is 13.1. The van der Waals surface area contributed by atoms with Crippen LogP contribution in [0.2, 0.25) is 0 Å². The van der Waals surface area contributed by atoms with Crippen molar-refractivity contribution in [2.75, 3.05) is 6.61 Å². The summed E-state index contributed by atoms with van der Waals surface area (Å²) >= 11 is 0. The molecule has 0 heterocycles. The largest absolute Gasteiger partial charge is 0.358 e. The molecule has 2 aromatic carbocycles. The Bertz CT molecular complexity index is 602. The van der Waals surface area contributed by atoms with Crippen molar-refractivity contribution in [2.24, 2.45) is 0 Å². The molecule has 0 saturated heterocycles. The molecule has 0 aliphatic heterocycles. The van der Waals surface area contributed by atoms with Gasteiger partial charge in [0.1, 0.15) is 0 Å². The minimum Gasteiger partial charge on any atom is -0.358 e. The maximum Gasteiger partial charge on any atom is 0.203 e. The molecule has 0 aliphatic carbocycles. The molecule has 0 saturated carbocycles. The van der Waals surface area contributed by atoms with E-state index in [2.05, 4.69) is 0 Å². The van der Waals surface area contributed by atoms with E-state index in [4.69, 9.17) is 4.74 Å². The predicted molar refractivity (Wildman–Crippen MR) is 85.3 cm³/mol. The normalized spacial score (nSPS) is 14.0. The average molecular weight is 280 g/mol. The number of Topliss-reactive ketones (excluding diaryl/α,β-unsaturated/α-hetero) is 1. The molecule has 2 nitrogen and oxygen atoms in total. The Morgan fingerprint density at radius 3 is 2.14 bits per heavy atom. The topological polar surface area (TPSA) is 26.3 Å². The molecule has 2 rings (SSSR count). The fourth-order valence-corrected chi connectivity index (χ4v) is 2.45. The van der Waals surface area contributed by atoms with Crippen LogP contribution in [0, 0.1) is 0 Å². The van der Waals surface area contributed by atoms with Gasteiger partial charge in [0.15, 0.2) is 5.60 Å². The molecule has 1 atom stereocenters. The quantitative estimate of drug-likeness (QED) is 0.580. The Morgan fingerprint density at radius 1 is 1.05 bits per heavy atom. The summed E-state index contributed by atoms with van der Waals surface area (Å²) in [6.45, 7) is 4.26. The fraction of sp³-hybridized carbons (Fsp3) is 0.211. The maximum absolute atomic E-state index is 13.1. The molecule has 0 spiro atoms. The van der Waals surface area contributed by atoms with Crippen LogP contribution < -0.4 is 0 Å². The number of hydrogen-bond acceptors (Lipinski definition) is 2. The highest BCUT2D eigenvalue weighted by molar-refractivity contribution is 6.04. The summed E-state index contributed by atoms with van der Waals surface area (Å²) < 4.78 is 5.94. The van der Waals surface area contributed by atoms with Gasteiger partial charge in [0.2, 0.25) is 5.78 Å². The molecule has 21 heavy (non-hydrogen) atoms. The zero-order valence-electron chi connectivity index (χ0n) is 12.5. The Balaban J connectivity index is 2.57. The van der Waals surface area contributed by atoms with Crippen LogP contribution in [0.5, 0.6) is 0 Å². The van der Waals surface area contributed by atoms with Gasteiger partial charge in [-0.2, -0.15) is 0 Å². The number of ether oxygens (including phenoxy) is 1. The second-order valence-electron chi connectivity index (χ2n) is 4.73. The van der Waals surface area contributed by atoms with Crippen molar-refractivity contribution in [3.63, 3.8) is 0 Å². The van der Waals surface area contributed by atoms with Crippen LogP contribution in [-0.2, 0) is 10.3 Å². The van der Waals surface area contributed by atoms with Crippen molar-refractivity contribution in [3.8, 4) is 0 Å². The molecule has 0 aliphatic rings. The van der Waals surface area contributed by atoms with Gasteiger partial charge in [0, 0.05) is 12.2 Å². The van der Waals surface area contributed by atoms with Crippen LogP contribution in [0.3, 0.4) is 0 Å². The van der Waals surface area contributed by atoms with E-state index >= 15 is 0 Å². The van der Waals surface area contributed by atoms with Gasteiger partial charge in [-0.3, -0.25) is 4.79 Å². The Labute approximate surface area is 126 Å². The van der Waals surface area contributed by atoms with Crippen molar-refractivity contribution < 1.29 is 9.53 Å². The number of hydrogen-bond donors (Lipinski definition) is 0. The van der Waals surface area contributed by atoms with Gasteiger partial charge in [0.25, 0.3) is 0 Å². The number of carbonyl (C=O) groups is 1. The first kappa shape index (κ1) is 15.2. The highest BCUT2D eigenvalue weighted by Gasteiger charge is 2.38. The molecule has 0 fully saturated rings. The molecule has 2 aromatic rings. The van der Waals surface area contributed by atoms with E-state index in [1.165, 1.54) is 0 Å².